The fourth-order valence-electron chi connectivity index (χ4n) is 1.38. The van der Waals surface area contributed by atoms with E-state index in [0.29, 0.717) is 11.5 Å². The van der Waals surface area contributed by atoms with Gasteiger partial charge in [0.2, 0.25) is 0 Å². The number of thiazole rings is 1. The molecule has 1 heterocycles. The maximum Gasteiger partial charge on any atom is 0.0928 e. The standard InChI is InChI=1S/C13H24N2S/c1-10-9-16-12(15-10)7-6-8-14-11(2)13(3,4)5/h9,11,14H,6-8H2,1-5H3. The highest BCUT2D eigenvalue weighted by atomic mass is 32.1. The van der Waals surface area contributed by atoms with Crippen LogP contribution in [-0.4, -0.2) is 17.6 Å². The third kappa shape index (κ3) is 4.62. The molecule has 3 heteroatoms. The van der Waals surface area contributed by atoms with Gasteiger partial charge in [-0.3, -0.25) is 0 Å². The highest BCUT2D eigenvalue weighted by Crippen LogP contribution is 2.18. The van der Waals surface area contributed by atoms with Crippen LogP contribution in [0.25, 0.3) is 0 Å². The number of hydrogen-bond acceptors (Lipinski definition) is 3. The summed E-state index contributed by atoms with van der Waals surface area (Å²) in [5, 5.41) is 6.97. The molecule has 1 unspecified atom stereocenters. The van der Waals surface area contributed by atoms with Crippen molar-refractivity contribution in [2.75, 3.05) is 6.54 Å². The topological polar surface area (TPSA) is 24.9 Å². The fraction of sp³-hybridized carbons (Fsp3) is 0.769. The van der Waals surface area contributed by atoms with Gasteiger partial charge in [-0.25, -0.2) is 4.98 Å². The van der Waals surface area contributed by atoms with Crippen LogP contribution in [0.15, 0.2) is 5.38 Å². The Labute approximate surface area is 103 Å². The summed E-state index contributed by atoms with van der Waals surface area (Å²) in [5.74, 6) is 0. The molecule has 0 saturated heterocycles. The van der Waals surface area contributed by atoms with Crippen molar-refractivity contribution in [1.29, 1.82) is 0 Å². The molecule has 0 aliphatic carbocycles. The van der Waals surface area contributed by atoms with Gasteiger partial charge in [-0.2, -0.15) is 0 Å². The summed E-state index contributed by atoms with van der Waals surface area (Å²) in [6.45, 7) is 12.2. The van der Waals surface area contributed by atoms with Crippen LogP contribution >= 0.6 is 11.3 Å². The Morgan fingerprint density at radius 1 is 1.44 bits per heavy atom. The second-order valence-corrected chi connectivity index (χ2v) is 6.47. The van der Waals surface area contributed by atoms with Gasteiger partial charge >= 0.3 is 0 Å². The minimum Gasteiger partial charge on any atom is -0.314 e. The molecule has 1 aromatic rings. The molecule has 0 aliphatic heterocycles. The molecule has 0 aliphatic rings. The molecule has 0 spiro atoms. The molecule has 1 atom stereocenters. The van der Waals surface area contributed by atoms with Gasteiger partial charge < -0.3 is 5.32 Å². The van der Waals surface area contributed by atoms with E-state index in [1.807, 2.05) is 0 Å². The minimum absolute atomic E-state index is 0.345. The smallest absolute Gasteiger partial charge is 0.0928 e. The van der Waals surface area contributed by atoms with Crippen LogP contribution in [0.1, 0.15) is 44.8 Å². The van der Waals surface area contributed by atoms with Crippen molar-refractivity contribution in [3.05, 3.63) is 16.1 Å². The molecule has 1 rings (SSSR count). The number of rotatable bonds is 5. The van der Waals surface area contributed by atoms with Crippen molar-refractivity contribution in [3.8, 4) is 0 Å². The van der Waals surface area contributed by atoms with Gasteiger partial charge in [0.25, 0.3) is 0 Å². The number of aromatic nitrogens is 1. The second-order valence-electron chi connectivity index (χ2n) is 5.53. The van der Waals surface area contributed by atoms with Gasteiger partial charge in [0.15, 0.2) is 0 Å². The van der Waals surface area contributed by atoms with E-state index in [1.165, 1.54) is 11.4 Å². The average Bonchev–Trinajstić information content (AvgIpc) is 2.57. The van der Waals surface area contributed by atoms with E-state index in [-0.39, 0.29) is 0 Å². The van der Waals surface area contributed by atoms with Crippen LogP contribution in [0.5, 0.6) is 0 Å². The Kier molecular flexibility index (Phi) is 4.93. The van der Waals surface area contributed by atoms with Crippen LogP contribution in [0.4, 0.5) is 0 Å². The molecule has 0 amide bonds. The Morgan fingerprint density at radius 2 is 2.12 bits per heavy atom. The third-order valence-electron chi connectivity index (χ3n) is 2.98. The second kappa shape index (κ2) is 5.78. The molecule has 16 heavy (non-hydrogen) atoms. The summed E-state index contributed by atoms with van der Waals surface area (Å²) in [6, 6.07) is 0.561. The Hall–Kier alpha value is -0.410. The summed E-state index contributed by atoms with van der Waals surface area (Å²) in [7, 11) is 0. The lowest BCUT2D eigenvalue weighted by atomic mass is 9.88. The summed E-state index contributed by atoms with van der Waals surface area (Å²) in [4.78, 5) is 4.47. The van der Waals surface area contributed by atoms with E-state index < -0.39 is 0 Å². The molecule has 1 N–H and O–H groups in total. The van der Waals surface area contributed by atoms with Crippen molar-refractivity contribution in [2.24, 2.45) is 5.41 Å². The van der Waals surface area contributed by atoms with Gasteiger partial charge in [-0.05, 0) is 32.2 Å². The van der Waals surface area contributed by atoms with Gasteiger partial charge in [-0.15, -0.1) is 11.3 Å². The molecule has 2 nitrogen and oxygen atoms in total. The first-order valence-corrected chi connectivity index (χ1v) is 6.92. The number of nitrogens with one attached hydrogen (secondary N) is 1. The number of nitrogens with zero attached hydrogens (tertiary/aromatic N) is 1. The first kappa shape index (κ1) is 13.7. The molecule has 0 radical (unpaired) electrons. The Morgan fingerprint density at radius 3 is 2.62 bits per heavy atom. The van der Waals surface area contributed by atoms with Crippen LogP contribution < -0.4 is 5.32 Å². The monoisotopic (exact) mass is 240 g/mol. The average molecular weight is 240 g/mol. The summed E-state index contributed by atoms with van der Waals surface area (Å²) in [6.07, 6.45) is 2.27. The highest BCUT2D eigenvalue weighted by Gasteiger charge is 2.18. The van der Waals surface area contributed by atoms with Crippen LogP contribution in [-0.2, 0) is 6.42 Å². The maximum absolute atomic E-state index is 4.47. The van der Waals surface area contributed by atoms with Gasteiger partial charge in [0, 0.05) is 23.5 Å². The molecule has 0 saturated carbocycles. The predicted molar refractivity (Wildman–Crippen MR) is 72.1 cm³/mol. The summed E-state index contributed by atoms with van der Waals surface area (Å²) >= 11 is 1.78. The number of hydrogen-bond donors (Lipinski definition) is 1. The lowest BCUT2D eigenvalue weighted by Crippen LogP contribution is -2.38. The summed E-state index contributed by atoms with van der Waals surface area (Å²) < 4.78 is 0. The van der Waals surface area contributed by atoms with Crippen LogP contribution in [0, 0.1) is 12.3 Å². The van der Waals surface area contributed by atoms with E-state index in [9.17, 15) is 0 Å². The van der Waals surface area contributed by atoms with Crippen molar-refractivity contribution in [2.45, 2.75) is 53.5 Å². The predicted octanol–water partition coefficient (Wildman–Crippen LogP) is 3.41. The highest BCUT2D eigenvalue weighted by molar-refractivity contribution is 7.09. The lowest BCUT2D eigenvalue weighted by molar-refractivity contribution is 0.286. The zero-order chi connectivity index (χ0) is 12.2. The maximum atomic E-state index is 4.47. The van der Waals surface area contributed by atoms with Gasteiger partial charge in [-0.1, -0.05) is 20.8 Å². The molecule has 0 fully saturated rings. The fourth-order valence-corrected chi connectivity index (χ4v) is 2.20. The molecule has 0 bridgehead atoms. The van der Waals surface area contributed by atoms with E-state index in [2.05, 4.69) is 50.3 Å². The Bertz CT molecular complexity index is 312. The molecule has 1 aromatic heterocycles. The van der Waals surface area contributed by atoms with E-state index >= 15 is 0 Å². The Balaban J connectivity index is 2.17. The van der Waals surface area contributed by atoms with Gasteiger partial charge in [0.1, 0.15) is 0 Å². The van der Waals surface area contributed by atoms with E-state index in [1.54, 1.807) is 11.3 Å². The molecular weight excluding hydrogens is 216 g/mol. The van der Waals surface area contributed by atoms with E-state index in [4.69, 9.17) is 0 Å². The zero-order valence-electron chi connectivity index (χ0n) is 11.1. The summed E-state index contributed by atoms with van der Waals surface area (Å²) in [5.41, 5.74) is 1.49. The quantitative estimate of drug-likeness (QED) is 0.798. The van der Waals surface area contributed by atoms with Crippen LogP contribution in [0.2, 0.25) is 0 Å². The molecule has 92 valence electrons. The normalized spacial score (nSPS) is 14.1. The first-order chi connectivity index (χ1) is 7.39. The van der Waals surface area contributed by atoms with Gasteiger partial charge in [0.05, 0.1) is 5.01 Å². The largest absolute Gasteiger partial charge is 0.314 e. The molecular formula is C13H24N2S. The third-order valence-corrected chi connectivity index (χ3v) is 4.01. The number of aryl methyl sites for hydroxylation is 2. The van der Waals surface area contributed by atoms with Crippen molar-refractivity contribution < 1.29 is 0 Å². The van der Waals surface area contributed by atoms with Crippen molar-refractivity contribution in [1.82, 2.24) is 10.3 Å². The van der Waals surface area contributed by atoms with Crippen LogP contribution in [0.3, 0.4) is 0 Å². The van der Waals surface area contributed by atoms with Crippen molar-refractivity contribution >= 4 is 11.3 Å². The van der Waals surface area contributed by atoms with E-state index in [0.717, 1.165) is 18.7 Å². The van der Waals surface area contributed by atoms with Crippen molar-refractivity contribution in [3.63, 3.8) is 0 Å². The lowest BCUT2D eigenvalue weighted by Gasteiger charge is -2.28. The minimum atomic E-state index is 0.345. The first-order valence-electron chi connectivity index (χ1n) is 6.04. The zero-order valence-corrected chi connectivity index (χ0v) is 11.9. The molecule has 0 aromatic carbocycles. The SMILES string of the molecule is Cc1csc(CCCNC(C)C(C)(C)C)n1.